The average Bonchev–Trinajstić information content (AvgIpc) is 2.87. The van der Waals surface area contributed by atoms with Gasteiger partial charge in [-0.2, -0.15) is 4.98 Å². The number of benzene rings is 1. The predicted octanol–water partition coefficient (Wildman–Crippen LogP) is 1.78. The zero-order valence-corrected chi connectivity index (χ0v) is 15.2. The van der Waals surface area contributed by atoms with E-state index in [0.29, 0.717) is 22.2 Å². The summed E-state index contributed by atoms with van der Waals surface area (Å²) in [5.41, 5.74) is 1.37. The number of carbonyl (C=O) groups excluding carboxylic acids is 1. The van der Waals surface area contributed by atoms with E-state index in [1.807, 2.05) is 0 Å². The van der Waals surface area contributed by atoms with E-state index in [2.05, 4.69) is 15.3 Å². The zero-order valence-electron chi connectivity index (χ0n) is 14.3. The van der Waals surface area contributed by atoms with E-state index in [0.717, 1.165) is 4.57 Å². The van der Waals surface area contributed by atoms with Gasteiger partial charge in [-0.15, -0.1) is 0 Å². The van der Waals surface area contributed by atoms with E-state index in [9.17, 15) is 13.2 Å². The molecule has 2 aromatic heterocycles. The highest BCUT2D eigenvalue weighted by Gasteiger charge is 2.26. The van der Waals surface area contributed by atoms with Crippen molar-refractivity contribution in [3.8, 4) is 5.88 Å². The van der Waals surface area contributed by atoms with E-state index in [-0.39, 0.29) is 16.9 Å². The lowest BCUT2D eigenvalue weighted by atomic mass is 10.2. The van der Waals surface area contributed by atoms with Crippen molar-refractivity contribution in [1.82, 2.24) is 14.5 Å². The van der Waals surface area contributed by atoms with Gasteiger partial charge in [0.25, 0.3) is 10.0 Å². The number of hydrogen-bond donors (Lipinski definition) is 2. The normalized spacial score (nSPS) is 11.5. The maximum absolute atomic E-state index is 12.8. The van der Waals surface area contributed by atoms with Crippen LogP contribution in [0.4, 0.5) is 10.7 Å². The van der Waals surface area contributed by atoms with Crippen molar-refractivity contribution >= 4 is 32.9 Å². The minimum Gasteiger partial charge on any atom is -0.481 e. The van der Waals surface area contributed by atoms with Crippen LogP contribution >= 0.6 is 0 Å². The second-order valence-electron chi connectivity index (χ2n) is 5.63. The lowest BCUT2D eigenvalue weighted by Crippen LogP contribution is -2.27. The van der Waals surface area contributed by atoms with Crippen molar-refractivity contribution in [1.29, 1.82) is 0 Å². The Kier molecular flexibility index (Phi) is 4.38. The molecule has 0 saturated carbocycles. The van der Waals surface area contributed by atoms with Gasteiger partial charge >= 0.3 is 6.03 Å². The largest absolute Gasteiger partial charge is 0.481 e. The van der Waals surface area contributed by atoms with Crippen LogP contribution in [0.2, 0.25) is 0 Å². The van der Waals surface area contributed by atoms with Gasteiger partial charge in [0.15, 0.2) is 5.03 Å². The Bertz CT molecular complexity index is 1120. The van der Waals surface area contributed by atoms with Gasteiger partial charge in [-0.25, -0.2) is 23.3 Å². The number of methoxy groups -OCH3 is 1. The summed E-state index contributed by atoms with van der Waals surface area (Å²) >= 11 is 0. The molecule has 136 valence electrons. The SMILES string of the molecule is COc1cc(C)nc(NC(=O)n2c(S(N)(=O)=O)c(C)c3ccccc32)n1. The molecule has 9 nitrogen and oxygen atoms in total. The molecule has 0 aliphatic rings. The van der Waals surface area contributed by atoms with Crippen molar-refractivity contribution in [2.75, 3.05) is 12.4 Å². The molecule has 0 fully saturated rings. The van der Waals surface area contributed by atoms with E-state index in [4.69, 9.17) is 9.88 Å². The van der Waals surface area contributed by atoms with Crippen LogP contribution in [-0.2, 0) is 10.0 Å². The Morgan fingerprint density at radius 1 is 1.23 bits per heavy atom. The van der Waals surface area contributed by atoms with E-state index in [1.54, 1.807) is 44.2 Å². The maximum Gasteiger partial charge on any atom is 0.333 e. The van der Waals surface area contributed by atoms with E-state index >= 15 is 0 Å². The molecule has 1 aromatic carbocycles. The molecule has 2 heterocycles. The number of hydrogen-bond acceptors (Lipinski definition) is 6. The Labute approximate surface area is 149 Å². The van der Waals surface area contributed by atoms with Gasteiger partial charge in [-0.1, -0.05) is 18.2 Å². The fourth-order valence-electron chi connectivity index (χ4n) is 2.77. The number of rotatable bonds is 3. The maximum atomic E-state index is 12.8. The van der Waals surface area contributed by atoms with Crippen molar-refractivity contribution in [2.24, 2.45) is 5.14 Å². The average molecular weight is 375 g/mol. The summed E-state index contributed by atoms with van der Waals surface area (Å²) in [6, 6.07) is 7.65. The molecule has 1 amide bonds. The number of carbonyl (C=O) groups is 1. The van der Waals surface area contributed by atoms with Gasteiger partial charge in [0.2, 0.25) is 11.8 Å². The highest BCUT2D eigenvalue weighted by atomic mass is 32.2. The highest BCUT2D eigenvalue weighted by Crippen LogP contribution is 2.28. The third-order valence-electron chi connectivity index (χ3n) is 3.80. The lowest BCUT2D eigenvalue weighted by molar-refractivity contribution is 0.252. The van der Waals surface area contributed by atoms with Crippen molar-refractivity contribution in [3.05, 3.63) is 41.6 Å². The summed E-state index contributed by atoms with van der Waals surface area (Å²) in [5, 5.41) is 8.16. The summed E-state index contributed by atoms with van der Waals surface area (Å²) in [6.07, 6.45) is 0. The molecular formula is C16H17N5O4S. The van der Waals surface area contributed by atoms with Crippen molar-refractivity contribution < 1.29 is 17.9 Å². The lowest BCUT2D eigenvalue weighted by Gasteiger charge is -2.10. The molecule has 26 heavy (non-hydrogen) atoms. The summed E-state index contributed by atoms with van der Waals surface area (Å²) < 4.78 is 30.2. The first-order valence-corrected chi connectivity index (χ1v) is 9.11. The zero-order chi connectivity index (χ0) is 19.1. The molecule has 0 aliphatic carbocycles. The van der Waals surface area contributed by atoms with Crippen LogP contribution in [0.1, 0.15) is 11.3 Å². The number of aromatic nitrogens is 3. The van der Waals surface area contributed by atoms with Crippen LogP contribution in [-0.4, -0.2) is 36.1 Å². The second-order valence-corrected chi connectivity index (χ2v) is 7.11. The number of nitrogens with one attached hydrogen (secondary N) is 1. The summed E-state index contributed by atoms with van der Waals surface area (Å²) in [4.78, 5) is 21.0. The minimum absolute atomic E-state index is 0.0114. The third kappa shape index (κ3) is 3.11. The number of nitrogens with zero attached hydrogens (tertiary/aromatic N) is 3. The third-order valence-corrected chi connectivity index (χ3v) is 4.83. The van der Waals surface area contributed by atoms with Gasteiger partial charge in [-0.3, -0.25) is 9.88 Å². The van der Waals surface area contributed by atoms with Crippen molar-refractivity contribution in [3.63, 3.8) is 0 Å². The topological polar surface area (TPSA) is 129 Å². The van der Waals surface area contributed by atoms with Crippen molar-refractivity contribution in [2.45, 2.75) is 18.9 Å². The van der Waals surface area contributed by atoms with E-state index < -0.39 is 16.1 Å². The van der Waals surface area contributed by atoms with Crippen LogP contribution in [0.3, 0.4) is 0 Å². The Morgan fingerprint density at radius 3 is 2.58 bits per heavy atom. The number of anilines is 1. The number of ether oxygens (including phenoxy) is 1. The van der Waals surface area contributed by atoms with Gasteiger partial charge in [0, 0.05) is 17.1 Å². The molecule has 3 aromatic rings. The number of para-hydroxylation sites is 1. The van der Waals surface area contributed by atoms with Gasteiger partial charge in [0.1, 0.15) is 0 Å². The number of sulfonamides is 1. The number of primary sulfonamides is 1. The number of aryl methyl sites for hydroxylation is 2. The molecule has 3 rings (SSSR count). The molecule has 0 unspecified atom stereocenters. The standard InChI is InChI=1S/C16H17N5O4S/c1-9-8-13(25-3)19-15(18-9)20-16(22)21-12-7-5-4-6-11(12)10(2)14(21)26(17,23)24/h4-8H,1-3H3,(H2,17,23,24)(H,18,19,20,22). The van der Waals surface area contributed by atoms with Crippen LogP contribution < -0.4 is 15.2 Å². The Hall–Kier alpha value is -2.98. The molecule has 0 atom stereocenters. The van der Waals surface area contributed by atoms with Crippen LogP contribution in [0.15, 0.2) is 35.4 Å². The Balaban J connectivity index is 2.16. The molecule has 0 saturated heterocycles. The van der Waals surface area contributed by atoms with Crippen LogP contribution in [0, 0.1) is 13.8 Å². The fraction of sp³-hybridized carbons (Fsp3) is 0.188. The first-order valence-electron chi connectivity index (χ1n) is 7.56. The van der Waals surface area contributed by atoms with Gasteiger partial charge in [-0.05, 0) is 25.5 Å². The summed E-state index contributed by atoms with van der Waals surface area (Å²) in [7, 11) is -2.71. The number of fused-ring (bicyclic) bond motifs is 1. The monoisotopic (exact) mass is 375 g/mol. The first kappa shape index (κ1) is 17.8. The molecule has 3 N–H and O–H groups in total. The number of amides is 1. The van der Waals surface area contributed by atoms with Gasteiger partial charge < -0.3 is 4.74 Å². The molecular weight excluding hydrogens is 358 g/mol. The molecule has 0 radical (unpaired) electrons. The first-order chi connectivity index (χ1) is 12.2. The molecule has 0 bridgehead atoms. The molecule has 10 heteroatoms. The molecule has 0 aliphatic heterocycles. The minimum atomic E-state index is -4.15. The molecule has 0 spiro atoms. The number of nitrogens with two attached hydrogens (primary N) is 1. The second kappa shape index (κ2) is 6.39. The highest BCUT2D eigenvalue weighted by molar-refractivity contribution is 7.89. The smallest absolute Gasteiger partial charge is 0.333 e. The van der Waals surface area contributed by atoms with Gasteiger partial charge in [0.05, 0.1) is 12.6 Å². The predicted molar refractivity (Wildman–Crippen MR) is 95.8 cm³/mol. The summed E-state index contributed by atoms with van der Waals surface area (Å²) in [5.74, 6) is 0.260. The van der Waals surface area contributed by atoms with Crippen LogP contribution in [0.5, 0.6) is 5.88 Å². The summed E-state index contributed by atoms with van der Waals surface area (Å²) in [6.45, 7) is 3.31. The van der Waals surface area contributed by atoms with E-state index in [1.165, 1.54) is 7.11 Å². The quantitative estimate of drug-likeness (QED) is 0.718. The Morgan fingerprint density at radius 2 is 1.92 bits per heavy atom. The fourth-order valence-corrected chi connectivity index (χ4v) is 3.74. The van der Waals surface area contributed by atoms with Crippen LogP contribution in [0.25, 0.3) is 10.9 Å².